The lowest BCUT2D eigenvalue weighted by atomic mass is 10.4. The van der Waals surface area contributed by atoms with Gasteiger partial charge < -0.3 is 4.74 Å². The van der Waals surface area contributed by atoms with Crippen molar-refractivity contribution in [2.75, 3.05) is 0 Å². The first-order chi connectivity index (χ1) is 8.33. The van der Waals surface area contributed by atoms with Crippen molar-refractivity contribution < 1.29 is 4.74 Å². The normalized spacial score (nSPS) is 10.6. The van der Waals surface area contributed by atoms with E-state index in [1.54, 1.807) is 29.7 Å². The third-order valence-corrected chi connectivity index (χ3v) is 3.18. The van der Waals surface area contributed by atoms with Crippen LogP contribution in [0.15, 0.2) is 36.1 Å². The fraction of sp³-hybridized carbons (Fsp3) is 0. The van der Waals surface area contributed by atoms with Crippen molar-refractivity contribution in [3.05, 3.63) is 41.3 Å². The van der Waals surface area contributed by atoms with Gasteiger partial charge in [0.15, 0.2) is 0 Å². The maximum Gasteiger partial charge on any atom is 0.231 e. The van der Waals surface area contributed by atoms with Gasteiger partial charge in [0.25, 0.3) is 0 Å². The van der Waals surface area contributed by atoms with E-state index in [2.05, 4.69) is 15.0 Å². The monoisotopic (exact) mass is 263 g/mol. The molecule has 0 saturated carbocycles. The van der Waals surface area contributed by atoms with Crippen molar-refractivity contribution in [2.45, 2.75) is 0 Å². The molecule has 0 aliphatic rings. The summed E-state index contributed by atoms with van der Waals surface area (Å²) < 4.78 is 5.64. The minimum atomic E-state index is 0.431. The number of fused-ring (bicyclic) bond motifs is 1. The predicted octanol–water partition coefficient (Wildman–Crippen LogP) is 3.53. The molecule has 0 aliphatic heterocycles. The number of ether oxygens (including phenoxy) is 1. The molecule has 0 aromatic carbocycles. The molecule has 0 saturated heterocycles. The van der Waals surface area contributed by atoms with Crippen LogP contribution in [-0.2, 0) is 0 Å². The molecule has 0 atom stereocenters. The van der Waals surface area contributed by atoms with E-state index in [1.165, 1.54) is 6.33 Å². The van der Waals surface area contributed by atoms with Gasteiger partial charge in [0.05, 0.1) is 11.6 Å². The molecule has 0 bridgehead atoms. The zero-order valence-corrected chi connectivity index (χ0v) is 10.1. The van der Waals surface area contributed by atoms with Crippen LogP contribution >= 0.6 is 22.9 Å². The van der Waals surface area contributed by atoms with Gasteiger partial charge in [-0.2, -0.15) is 0 Å². The summed E-state index contributed by atoms with van der Waals surface area (Å²) in [5.74, 6) is 1.13. The first kappa shape index (κ1) is 10.4. The molecule has 0 radical (unpaired) electrons. The smallest absolute Gasteiger partial charge is 0.231 e. The van der Waals surface area contributed by atoms with E-state index < -0.39 is 0 Å². The van der Waals surface area contributed by atoms with Crippen LogP contribution in [0.25, 0.3) is 10.2 Å². The molecule has 4 nitrogen and oxygen atoms in total. The molecule has 0 aliphatic carbocycles. The molecule has 0 N–H and O–H groups in total. The summed E-state index contributed by atoms with van der Waals surface area (Å²) in [6.07, 6.45) is 3.04. The van der Waals surface area contributed by atoms with Crippen molar-refractivity contribution in [3.63, 3.8) is 0 Å². The number of hydrogen-bond donors (Lipinski definition) is 0. The Balaban J connectivity index is 1.99. The molecule has 3 aromatic heterocycles. The van der Waals surface area contributed by atoms with Gasteiger partial charge in [-0.05, 0) is 23.6 Å². The zero-order valence-electron chi connectivity index (χ0n) is 8.50. The Morgan fingerprint density at radius 3 is 2.88 bits per heavy atom. The Morgan fingerprint density at radius 1 is 1.12 bits per heavy atom. The van der Waals surface area contributed by atoms with E-state index >= 15 is 0 Å². The van der Waals surface area contributed by atoms with Crippen LogP contribution in [0.4, 0.5) is 0 Å². The number of thiophene rings is 1. The molecule has 3 rings (SSSR count). The molecule has 3 heterocycles. The summed E-state index contributed by atoms with van der Waals surface area (Å²) >= 11 is 7.25. The van der Waals surface area contributed by atoms with Gasteiger partial charge in [-0.1, -0.05) is 11.6 Å². The van der Waals surface area contributed by atoms with Crippen LogP contribution in [-0.4, -0.2) is 15.0 Å². The zero-order chi connectivity index (χ0) is 11.7. The van der Waals surface area contributed by atoms with Crippen LogP contribution < -0.4 is 4.74 Å². The van der Waals surface area contributed by atoms with Crippen LogP contribution in [0.2, 0.25) is 5.15 Å². The van der Waals surface area contributed by atoms with Gasteiger partial charge in [0.2, 0.25) is 5.88 Å². The summed E-state index contributed by atoms with van der Waals surface area (Å²) in [4.78, 5) is 13.1. The average molecular weight is 264 g/mol. The summed E-state index contributed by atoms with van der Waals surface area (Å²) in [6, 6.07) is 5.34. The number of aromatic nitrogens is 3. The second-order valence-corrected chi connectivity index (χ2v) is 4.52. The summed E-state index contributed by atoms with van der Waals surface area (Å²) in [7, 11) is 0. The molecule has 84 valence electrons. The first-order valence-corrected chi connectivity index (χ1v) is 6.06. The molecule has 3 aromatic rings. The highest BCUT2D eigenvalue weighted by molar-refractivity contribution is 7.16. The predicted molar refractivity (Wildman–Crippen MR) is 66.7 cm³/mol. The fourth-order valence-electron chi connectivity index (χ4n) is 1.38. The lowest BCUT2D eigenvalue weighted by Gasteiger charge is -2.04. The van der Waals surface area contributed by atoms with E-state index in [0.717, 1.165) is 10.2 Å². The first-order valence-electron chi connectivity index (χ1n) is 4.80. The molecule has 0 fully saturated rings. The Hall–Kier alpha value is -1.72. The summed E-state index contributed by atoms with van der Waals surface area (Å²) in [5.41, 5.74) is 0. The third kappa shape index (κ3) is 2.07. The average Bonchev–Trinajstić information content (AvgIpc) is 2.81. The van der Waals surface area contributed by atoms with Gasteiger partial charge in [-0.15, -0.1) is 11.3 Å². The van der Waals surface area contributed by atoms with Crippen molar-refractivity contribution in [2.24, 2.45) is 0 Å². The van der Waals surface area contributed by atoms with Crippen molar-refractivity contribution in [1.82, 2.24) is 15.0 Å². The van der Waals surface area contributed by atoms with Gasteiger partial charge in [0.1, 0.15) is 22.1 Å². The minimum Gasteiger partial charge on any atom is -0.437 e. The molecule has 0 spiro atoms. The molecule has 17 heavy (non-hydrogen) atoms. The van der Waals surface area contributed by atoms with Crippen LogP contribution in [0, 0.1) is 0 Å². The standard InChI is InChI=1S/C11H6ClN3OS/c12-9-2-1-7(5-13-9)16-10-8-3-4-17-11(8)15-6-14-10/h1-6H. The Morgan fingerprint density at radius 2 is 2.06 bits per heavy atom. The number of rotatable bonds is 2. The van der Waals surface area contributed by atoms with Crippen LogP contribution in [0.3, 0.4) is 0 Å². The van der Waals surface area contributed by atoms with E-state index in [4.69, 9.17) is 16.3 Å². The van der Waals surface area contributed by atoms with Gasteiger partial charge in [-0.3, -0.25) is 0 Å². The Bertz CT molecular complexity index is 653. The van der Waals surface area contributed by atoms with E-state index in [9.17, 15) is 0 Å². The number of nitrogens with zero attached hydrogens (tertiary/aromatic N) is 3. The maximum absolute atomic E-state index is 5.70. The van der Waals surface area contributed by atoms with Crippen LogP contribution in [0.1, 0.15) is 0 Å². The molecular formula is C11H6ClN3OS. The fourth-order valence-corrected chi connectivity index (χ4v) is 2.22. The number of pyridine rings is 1. The summed E-state index contributed by atoms with van der Waals surface area (Å²) in [6.45, 7) is 0. The van der Waals surface area contributed by atoms with Crippen LogP contribution in [0.5, 0.6) is 11.6 Å². The molecule has 6 heteroatoms. The van der Waals surface area contributed by atoms with Crippen molar-refractivity contribution in [3.8, 4) is 11.6 Å². The highest BCUT2D eigenvalue weighted by atomic mass is 35.5. The second-order valence-electron chi connectivity index (χ2n) is 3.24. The number of halogens is 1. The quantitative estimate of drug-likeness (QED) is 0.664. The van der Waals surface area contributed by atoms with Crippen molar-refractivity contribution in [1.29, 1.82) is 0 Å². The summed E-state index contributed by atoms with van der Waals surface area (Å²) in [5, 5.41) is 3.28. The minimum absolute atomic E-state index is 0.431. The molecular weight excluding hydrogens is 258 g/mol. The van der Waals surface area contributed by atoms with Gasteiger partial charge in [-0.25, -0.2) is 15.0 Å². The molecule has 0 unspecified atom stereocenters. The Labute approximate surface area is 106 Å². The van der Waals surface area contributed by atoms with E-state index in [-0.39, 0.29) is 0 Å². The largest absolute Gasteiger partial charge is 0.437 e. The Kier molecular flexibility index (Phi) is 2.62. The second kappa shape index (κ2) is 4.27. The van der Waals surface area contributed by atoms with Crippen molar-refractivity contribution >= 4 is 33.2 Å². The SMILES string of the molecule is Clc1ccc(Oc2ncnc3sccc23)cn1. The van der Waals surface area contributed by atoms with Gasteiger partial charge in [0, 0.05) is 0 Å². The van der Waals surface area contributed by atoms with E-state index in [1.807, 2.05) is 11.4 Å². The lowest BCUT2D eigenvalue weighted by Crippen LogP contribution is -1.89. The van der Waals surface area contributed by atoms with E-state index in [0.29, 0.717) is 16.8 Å². The van der Waals surface area contributed by atoms with Gasteiger partial charge >= 0.3 is 0 Å². The topological polar surface area (TPSA) is 47.9 Å². The molecule has 0 amide bonds. The highest BCUT2D eigenvalue weighted by Gasteiger charge is 2.06. The highest BCUT2D eigenvalue weighted by Crippen LogP contribution is 2.29. The number of hydrogen-bond acceptors (Lipinski definition) is 5. The maximum atomic E-state index is 5.70. The third-order valence-electron chi connectivity index (χ3n) is 2.14. The lowest BCUT2D eigenvalue weighted by molar-refractivity contribution is 0.466.